The molecule has 8 heteroatoms. The second-order valence-corrected chi connectivity index (χ2v) is 6.24. The number of hydrogen-bond acceptors (Lipinski definition) is 6. The molecule has 0 radical (unpaired) electrons. The largest absolute Gasteiger partial charge is 0.391 e. The van der Waals surface area contributed by atoms with Gasteiger partial charge in [0, 0.05) is 18.0 Å². The highest BCUT2D eigenvalue weighted by Gasteiger charge is 2.11. The lowest BCUT2D eigenvalue weighted by molar-refractivity contribution is 0.168. The van der Waals surface area contributed by atoms with Gasteiger partial charge in [-0.25, -0.2) is 4.52 Å². The molecule has 0 saturated carbocycles. The van der Waals surface area contributed by atoms with Crippen molar-refractivity contribution in [3.63, 3.8) is 0 Å². The smallest absolute Gasteiger partial charge is 0.247 e. The van der Waals surface area contributed by atoms with E-state index in [2.05, 4.69) is 26.6 Å². The molecule has 0 saturated heterocycles. The molecule has 0 spiro atoms. The van der Waals surface area contributed by atoms with Crippen LogP contribution in [0.4, 0.5) is 11.6 Å². The molecule has 0 fully saturated rings. The first kappa shape index (κ1) is 16.8. The maximum atomic E-state index is 9.44. The second-order valence-electron chi connectivity index (χ2n) is 6.24. The predicted molar refractivity (Wildman–Crippen MR) is 100 cm³/mol. The van der Waals surface area contributed by atoms with E-state index >= 15 is 0 Å². The van der Waals surface area contributed by atoms with E-state index in [1.165, 1.54) is 0 Å². The molecule has 0 aliphatic rings. The van der Waals surface area contributed by atoms with E-state index < -0.39 is 6.10 Å². The lowest BCUT2D eigenvalue weighted by atomic mass is 10.1. The zero-order valence-electron chi connectivity index (χ0n) is 14.6. The Morgan fingerprint density at radius 3 is 2.81 bits per heavy atom. The Morgan fingerprint density at radius 2 is 2.07 bits per heavy atom. The average molecular weight is 359 g/mol. The summed E-state index contributed by atoms with van der Waals surface area (Å²) in [5.41, 5.74) is 3.95. The van der Waals surface area contributed by atoms with Crippen LogP contribution in [-0.2, 0) is 6.54 Å². The Morgan fingerprint density at radius 1 is 1.26 bits per heavy atom. The van der Waals surface area contributed by atoms with E-state index in [1.54, 1.807) is 40.6 Å². The SMILES string of the molecule is CC(O)Cn1cc(Nc2nc3c(-c4ccc(C#N)cc4)cccn3n2)cn1. The van der Waals surface area contributed by atoms with Crippen molar-refractivity contribution in [2.45, 2.75) is 19.6 Å². The van der Waals surface area contributed by atoms with Crippen molar-refractivity contribution in [3.8, 4) is 17.2 Å². The van der Waals surface area contributed by atoms with Crippen LogP contribution in [0.1, 0.15) is 12.5 Å². The summed E-state index contributed by atoms with van der Waals surface area (Å²) in [7, 11) is 0. The maximum Gasteiger partial charge on any atom is 0.247 e. The Labute approximate surface area is 155 Å². The fraction of sp³-hybridized carbons (Fsp3) is 0.158. The van der Waals surface area contributed by atoms with Crippen molar-refractivity contribution in [1.82, 2.24) is 24.4 Å². The van der Waals surface area contributed by atoms with Crippen molar-refractivity contribution in [1.29, 1.82) is 5.26 Å². The lowest BCUT2D eigenvalue weighted by Crippen LogP contribution is -2.11. The number of nitriles is 1. The number of hydrogen-bond donors (Lipinski definition) is 2. The van der Waals surface area contributed by atoms with Gasteiger partial charge in [-0.2, -0.15) is 15.3 Å². The van der Waals surface area contributed by atoms with Crippen LogP contribution in [0.25, 0.3) is 16.8 Å². The minimum atomic E-state index is -0.471. The fourth-order valence-electron chi connectivity index (χ4n) is 2.84. The maximum absolute atomic E-state index is 9.44. The molecule has 1 aromatic carbocycles. The van der Waals surface area contributed by atoms with Crippen molar-refractivity contribution >= 4 is 17.3 Å². The number of aliphatic hydroxyl groups is 1. The van der Waals surface area contributed by atoms with Crippen molar-refractivity contribution in [2.24, 2.45) is 0 Å². The molecule has 0 amide bonds. The molecule has 0 aliphatic carbocycles. The van der Waals surface area contributed by atoms with Crippen LogP contribution in [0.3, 0.4) is 0 Å². The van der Waals surface area contributed by atoms with Gasteiger partial charge in [-0.3, -0.25) is 4.68 Å². The zero-order valence-corrected chi connectivity index (χ0v) is 14.6. The van der Waals surface area contributed by atoms with E-state index in [9.17, 15) is 5.11 Å². The summed E-state index contributed by atoms with van der Waals surface area (Å²) in [4.78, 5) is 4.59. The zero-order chi connectivity index (χ0) is 18.8. The van der Waals surface area contributed by atoms with Crippen molar-refractivity contribution < 1.29 is 5.11 Å². The fourth-order valence-corrected chi connectivity index (χ4v) is 2.84. The average Bonchev–Trinajstić information content (AvgIpc) is 3.27. The molecule has 8 nitrogen and oxygen atoms in total. The third-order valence-electron chi connectivity index (χ3n) is 4.03. The van der Waals surface area contributed by atoms with Gasteiger partial charge in [0.05, 0.1) is 36.2 Å². The molecule has 3 heterocycles. The molecule has 134 valence electrons. The minimum Gasteiger partial charge on any atom is -0.391 e. The molecule has 4 aromatic rings. The molecule has 1 unspecified atom stereocenters. The predicted octanol–water partition coefficient (Wildman–Crippen LogP) is 2.59. The summed E-state index contributed by atoms with van der Waals surface area (Å²) in [6, 6.07) is 13.4. The number of fused-ring (bicyclic) bond motifs is 1. The molecule has 4 rings (SSSR count). The topological polar surface area (TPSA) is 104 Å². The highest BCUT2D eigenvalue weighted by atomic mass is 16.3. The number of nitrogens with one attached hydrogen (secondary N) is 1. The van der Waals surface area contributed by atoms with Crippen molar-refractivity contribution in [3.05, 3.63) is 60.6 Å². The van der Waals surface area contributed by atoms with Gasteiger partial charge >= 0.3 is 0 Å². The molecule has 0 bridgehead atoms. The summed E-state index contributed by atoms with van der Waals surface area (Å²) >= 11 is 0. The molecule has 3 aromatic heterocycles. The van der Waals surface area contributed by atoms with Crippen LogP contribution in [0, 0.1) is 11.3 Å². The van der Waals surface area contributed by atoms with Gasteiger partial charge in [0.25, 0.3) is 0 Å². The Hall–Kier alpha value is -3.70. The summed E-state index contributed by atoms with van der Waals surface area (Å²) < 4.78 is 3.36. The minimum absolute atomic E-state index is 0.420. The number of benzene rings is 1. The van der Waals surface area contributed by atoms with Crippen molar-refractivity contribution in [2.75, 3.05) is 5.32 Å². The van der Waals surface area contributed by atoms with Gasteiger partial charge in [-0.05, 0) is 36.8 Å². The molecule has 0 aliphatic heterocycles. The summed E-state index contributed by atoms with van der Waals surface area (Å²) in [6.07, 6.45) is 4.81. The van der Waals surface area contributed by atoms with Crippen LogP contribution in [0.5, 0.6) is 0 Å². The van der Waals surface area contributed by atoms with E-state index in [1.807, 2.05) is 30.5 Å². The number of anilines is 2. The summed E-state index contributed by atoms with van der Waals surface area (Å²) in [5, 5.41) is 30.2. The quantitative estimate of drug-likeness (QED) is 0.567. The second kappa shape index (κ2) is 6.90. The van der Waals surface area contributed by atoms with Crippen LogP contribution in [-0.4, -0.2) is 35.6 Å². The van der Waals surface area contributed by atoms with E-state index in [-0.39, 0.29) is 0 Å². The standard InChI is InChI=1S/C19H17N7O/c1-13(27)11-25-12-16(10-21-25)22-19-23-18-17(3-2-8-26(18)24-19)15-6-4-14(9-20)5-7-15/h2-8,10,12-13,27H,11H2,1H3,(H,22,24). The van der Waals surface area contributed by atoms with Crippen LogP contribution in [0.2, 0.25) is 0 Å². The lowest BCUT2D eigenvalue weighted by Gasteiger charge is -2.02. The van der Waals surface area contributed by atoms with Crippen LogP contribution >= 0.6 is 0 Å². The third-order valence-corrected chi connectivity index (χ3v) is 4.03. The van der Waals surface area contributed by atoms with Gasteiger partial charge in [-0.1, -0.05) is 12.1 Å². The first-order valence-electron chi connectivity index (χ1n) is 8.46. The molecule has 27 heavy (non-hydrogen) atoms. The number of aromatic nitrogens is 5. The van der Waals surface area contributed by atoms with Crippen LogP contribution in [0.15, 0.2) is 55.0 Å². The number of pyridine rings is 1. The molecular weight excluding hydrogens is 342 g/mol. The van der Waals surface area contributed by atoms with Gasteiger partial charge in [0.2, 0.25) is 5.95 Å². The number of aliphatic hydroxyl groups excluding tert-OH is 1. The molecular formula is C19H17N7O. The highest BCUT2D eigenvalue weighted by molar-refractivity contribution is 5.78. The van der Waals surface area contributed by atoms with E-state index in [4.69, 9.17) is 5.26 Å². The molecule has 2 N–H and O–H groups in total. The van der Waals surface area contributed by atoms with E-state index in [0.29, 0.717) is 23.7 Å². The van der Waals surface area contributed by atoms with Gasteiger partial charge in [0.1, 0.15) is 0 Å². The number of nitrogens with zero attached hydrogens (tertiary/aromatic N) is 6. The Bertz CT molecular complexity index is 1120. The monoisotopic (exact) mass is 359 g/mol. The normalized spacial score (nSPS) is 12.0. The number of rotatable bonds is 5. The van der Waals surface area contributed by atoms with Gasteiger partial charge in [-0.15, -0.1) is 5.10 Å². The Kier molecular flexibility index (Phi) is 4.28. The van der Waals surface area contributed by atoms with Gasteiger partial charge < -0.3 is 10.4 Å². The highest BCUT2D eigenvalue weighted by Crippen LogP contribution is 2.25. The van der Waals surface area contributed by atoms with Crippen LogP contribution < -0.4 is 5.32 Å². The molecule has 1 atom stereocenters. The summed E-state index contributed by atoms with van der Waals surface area (Å²) in [5.74, 6) is 0.452. The summed E-state index contributed by atoms with van der Waals surface area (Å²) in [6.45, 7) is 2.13. The third kappa shape index (κ3) is 3.49. The van der Waals surface area contributed by atoms with Gasteiger partial charge in [0.15, 0.2) is 5.65 Å². The first-order chi connectivity index (χ1) is 13.1. The van der Waals surface area contributed by atoms with E-state index in [0.717, 1.165) is 16.8 Å². The first-order valence-corrected chi connectivity index (χ1v) is 8.46. The Balaban J connectivity index is 1.64.